The fraction of sp³-hybridized carbons (Fsp3) is 0.455. The third-order valence-corrected chi connectivity index (χ3v) is 14.8. The third kappa shape index (κ3) is 12.9. The average Bonchev–Trinajstić information content (AvgIpc) is 4.14. The van der Waals surface area contributed by atoms with E-state index >= 15 is 0 Å². The van der Waals surface area contributed by atoms with Crippen molar-refractivity contribution in [3.05, 3.63) is 95.5 Å². The van der Waals surface area contributed by atoms with Crippen LogP contribution in [0.2, 0.25) is 0 Å². The summed E-state index contributed by atoms with van der Waals surface area (Å²) >= 11 is 1.58. The lowest BCUT2D eigenvalue weighted by atomic mass is 9.85. The summed E-state index contributed by atoms with van der Waals surface area (Å²) in [7, 11) is 1.48. The number of β-amino-alcohol motifs (C(OH)–C–C–N with tert-alkyl or cyclic N) is 1. The number of likely N-dealkylation sites (tertiary alicyclic amines) is 1. The summed E-state index contributed by atoms with van der Waals surface area (Å²) in [6.07, 6.45) is 8.08. The van der Waals surface area contributed by atoms with Gasteiger partial charge in [-0.3, -0.25) is 24.3 Å². The molecular formula is C55H67FN10O6S. The first kappa shape index (κ1) is 52.5. The molecule has 0 spiro atoms. The molecule has 5 heterocycles. The summed E-state index contributed by atoms with van der Waals surface area (Å²) in [5, 5.41) is 24.0. The molecule has 4 N–H and O–H groups in total. The van der Waals surface area contributed by atoms with E-state index < -0.39 is 29.4 Å². The molecule has 3 aromatic heterocycles. The third-order valence-electron chi connectivity index (χ3n) is 13.9. The van der Waals surface area contributed by atoms with E-state index in [0.717, 1.165) is 84.6 Å². The molecular weight excluding hydrogens is 948 g/mol. The van der Waals surface area contributed by atoms with Crippen LogP contribution in [0.3, 0.4) is 0 Å². The molecule has 16 nitrogen and oxygen atoms in total. The highest BCUT2D eigenvalue weighted by molar-refractivity contribution is 7.13. The summed E-state index contributed by atoms with van der Waals surface area (Å²) in [6.45, 7) is 10.7. The number of carbonyl (C=O) groups is 4. The van der Waals surface area contributed by atoms with Gasteiger partial charge in [-0.2, -0.15) is 5.10 Å². The first-order chi connectivity index (χ1) is 35.2. The number of rotatable bonds is 20. The molecule has 73 heavy (non-hydrogen) atoms. The molecule has 2 aliphatic heterocycles. The number of H-pyrrole nitrogens is 1. The van der Waals surface area contributed by atoms with Gasteiger partial charge in [0.2, 0.25) is 23.6 Å². The molecule has 6 aromatic rings. The van der Waals surface area contributed by atoms with Gasteiger partial charge in [-0.15, -0.1) is 11.3 Å². The molecule has 0 aliphatic carbocycles. The Balaban J connectivity index is 0.704. The topological polar surface area (TPSA) is 199 Å². The Morgan fingerprint density at radius 3 is 2.25 bits per heavy atom. The van der Waals surface area contributed by atoms with Crippen LogP contribution < -0.4 is 20.3 Å². The summed E-state index contributed by atoms with van der Waals surface area (Å²) in [6, 6.07) is 18.9. The van der Waals surface area contributed by atoms with E-state index in [-0.39, 0.29) is 60.9 Å². The number of thiazole rings is 1. The number of anilines is 1. The predicted molar refractivity (Wildman–Crippen MR) is 281 cm³/mol. The highest BCUT2D eigenvalue weighted by Gasteiger charge is 2.44. The average molecular weight is 1020 g/mol. The lowest BCUT2D eigenvalue weighted by Crippen LogP contribution is -2.57. The fourth-order valence-corrected chi connectivity index (χ4v) is 10.5. The van der Waals surface area contributed by atoms with Crippen molar-refractivity contribution in [3.8, 4) is 38.8 Å². The van der Waals surface area contributed by atoms with E-state index in [1.807, 2.05) is 86.6 Å². The fourth-order valence-electron chi connectivity index (χ4n) is 9.69. The van der Waals surface area contributed by atoms with Gasteiger partial charge < -0.3 is 35.2 Å². The van der Waals surface area contributed by atoms with Crippen LogP contribution in [0.25, 0.3) is 44.1 Å². The van der Waals surface area contributed by atoms with Crippen molar-refractivity contribution in [1.29, 1.82) is 0 Å². The molecule has 0 radical (unpaired) electrons. The van der Waals surface area contributed by atoms with Gasteiger partial charge in [-0.1, -0.05) is 95.3 Å². The van der Waals surface area contributed by atoms with Crippen molar-refractivity contribution in [1.82, 2.24) is 45.6 Å². The van der Waals surface area contributed by atoms with Crippen LogP contribution in [0.4, 0.5) is 10.1 Å². The van der Waals surface area contributed by atoms with Gasteiger partial charge in [-0.25, -0.2) is 19.3 Å². The van der Waals surface area contributed by atoms with E-state index in [0.29, 0.717) is 48.4 Å². The minimum absolute atomic E-state index is 0.0240. The number of nitrogens with zero attached hydrogens (tertiary/aromatic N) is 7. The number of piperazine rings is 1. The first-order valence-corrected chi connectivity index (χ1v) is 26.3. The van der Waals surface area contributed by atoms with E-state index in [9.17, 15) is 28.7 Å². The number of halogens is 1. The van der Waals surface area contributed by atoms with Crippen LogP contribution in [0.5, 0.6) is 5.75 Å². The Kier molecular flexibility index (Phi) is 17.2. The highest BCUT2D eigenvalue weighted by atomic mass is 32.1. The summed E-state index contributed by atoms with van der Waals surface area (Å²) in [5.41, 5.74) is 8.08. The predicted octanol–water partition coefficient (Wildman–Crippen LogP) is 8.24. The van der Waals surface area contributed by atoms with Crippen molar-refractivity contribution >= 4 is 51.7 Å². The summed E-state index contributed by atoms with van der Waals surface area (Å²) in [4.78, 5) is 74.0. The second kappa shape index (κ2) is 23.8. The zero-order valence-corrected chi connectivity index (χ0v) is 43.3. The second-order valence-corrected chi connectivity index (χ2v) is 21.0. The van der Waals surface area contributed by atoms with Crippen LogP contribution >= 0.6 is 11.3 Å². The summed E-state index contributed by atoms with van der Waals surface area (Å²) < 4.78 is 20.2. The number of hydrogen-bond acceptors (Lipinski definition) is 12. The number of aliphatic hydroxyl groups excluding tert-OH is 1. The van der Waals surface area contributed by atoms with Gasteiger partial charge >= 0.3 is 0 Å². The Bertz CT molecular complexity index is 2860. The molecule has 3 atom stereocenters. The molecule has 3 aromatic carbocycles. The van der Waals surface area contributed by atoms with E-state index in [1.165, 1.54) is 18.1 Å². The number of nitrogens with one attached hydrogen (secondary N) is 3. The number of hydrogen-bond donors (Lipinski definition) is 4. The van der Waals surface area contributed by atoms with Crippen LogP contribution in [0, 0.1) is 18.2 Å². The van der Waals surface area contributed by atoms with Crippen LogP contribution in [0.1, 0.15) is 96.2 Å². The zero-order valence-electron chi connectivity index (χ0n) is 42.5. The quantitative estimate of drug-likeness (QED) is 0.0538. The summed E-state index contributed by atoms with van der Waals surface area (Å²) in [5.74, 6) is -0.647. The minimum atomic E-state index is -0.864. The van der Waals surface area contributed by atoms with Gasteiger partial charge in [0.1, 0.15) is 40.4 Å². The molecule has 18 heteroatoms. The normalized spacial score (nSPS) is 16.5. The molecule has 2 saturated heterocycles. The number of aromatic nitrogens is 5. The molecule has 0 saturated carbocycles. The maximum absolute atomic E-state index is 14.8. The van der Waals surface area contributed by atoms with E-state index in [4.69, 9.17) is 4.74 Å². The number of amides is 4. The second-order valence-electron chi connectivity index (χ2n) is 20.2. The van der Waals surface area contributed by atoms with Crippen molar-refractivity contribution < 1.29 is 33.4 Å². The maximum atomic E-state index is 14.8. The first-order valence-electron chi connectivity index (χ1n) is 25.4. The van der Waals surface area contributed by atoms with E-state index in [1.54, 1.807) is 29.7 Å². The van der Waals surface area contributed by atoms with Gasteiger partial charge in [0.05, 0.1) is 41.1 Å². The zero-order chi connectivity index (χ0) is 51.6. The molecule has 0 bridgehead atoms. The Morgan fingerprint density at radius 1 is 0.890 bits per heavy atom. The largest absolute Gasteiger partial charge is 0.496 e. The van der Waals surface area contributed by atoms with E-state index in [2.05, 4.69) is 40.7 Å². The number of fused-ring (bicyclic) bond motifs is 1. The number of aryl methyl sites for hydroxylation is 1. The monoisotopic (exact) mass is 1010 g/mol. The number of ether oxygens (including phenoxy) is 1. The SMILES string of the molecule is COc1cccc(F)c1-c1ncc2[nH]nc(-c3ccc(N4CCN(C(=O)CCCCCCCCCC(=O)N[C@H](C(=O)N5C[C@H](O)C[C@H]5C(=O)NCc5ccc(-c6scnc6C)cc5)C(C)(C)C)CC4)cc3)c2n1. The van der Waals surface area contributed by atoms with Crippen molar-refractivity contribution in [2.24, 2.45) is 5.41 Å². The van der Waals surface area contributed by atoms with Crippen molar-refractivity contribution in [3.63, 3.8) is 0 Å². The van der Waals surface area contributed by atoms with Gasteiger partial charge in [0.25, 0.3) is 0 Å². The minimum Gasteiger partial charge on any atom is -0.496 e. The number of benzene rings is 3. The van der Waals surface area contributed by atoms with Crippen LogP contribution in [-0.4, -0.2) is 122 Å². The van der Waals surface area contributed by atoms with Crippen LogP contribution in [0.15, 0.2) is 78.4 Å². The van der Waals surface area contributed by atoms with Gasteiger partial charge in [0.15, 0.2) is 5.82 Å². The number of aromatic amines is 1. The standard InChI is InChI=1S/C55H67FN10O6S/c1-35-50(73-34-59-35)38-20-18-36(19-21-38)31-58-53(70)43-30-40(67)33-66(43)54(71)51(55(2,3)4)60-45(68)16-11-9-7-6-8-10-12-17-46(69)65-28-26-64(27-29-65)39-24-22-37(23-25-39)48-49-42(62-63-48)32-57-52(61-49)47-41(56)14-13-15-44(47)72-5/h13-15,18-25,32,34,40,43,51,67H,6-12,16-17,26-31,33H2,1-5H3,(H,58,70)(H,60,68)(H,62,63)/t40-,43+,51-/m1/s1. The molecule has 2 aliphatic rings. The van der Waals surface area contributed by atoms with Gasteiger partial charge in [-0.05, 0) is 60.6 Å². The number of unbranched alkanes of at least 4 members (excludes halogenated alkanes) is 6. The Morgan fingerprint density at radius 2 is 1.58 bits per heavy atom. The van der Waals surface area contributed by atoms with Crippen molar-refractivity contribution in [2.45, 2.75) is 117 Å². The molecule has 2 fully saturated rings. The Hall–Kier alpha value is -6.79. The number of aliphatic hydroxyl groups is 1. The lowest BCUT2D eigenvalue weighted by Gasteiger charge is -2.36. The van der Waals surface area contributed by atoms with Gasteiger partial charge in [0, 0.05) is 69.8 Å². The highest BCUT2D eigenvalue weighted by Crippen LogP contribution is 2.34. The number of methoxy groups -OCH3 is 1. The molecule has 386 valence electrons. The molecule has 8 rings (SSSR count). The number of carbonyl (C=O) groups excluding carboxylic acids is 4. The Labute approximate surface area is 430 Å². The molecule has 0 unspecified atom stereocenters. The van der Waals surface area contributed by atoms with Crippen LogP contribution in [-0.2, 0) is 25.7 Å². The lowest BCUT2D eigenvalue weighted by molar-refractivity contribution is -0.144. The molecule has 4 amide bonds. The van der Waals surface area contributed by atoms with Crippen molar-refractivity contribution in [2.75, 3.05) is 44.7 Å². The maximum Gasteiger partial charge on any atom is 0.246 e. The smallest absolute Gasteiger partial charge is 0.246 e.